The first-order valence-electron chi connectivity index (χ1n) is 6.81. The molecule has 94 valence electrons. The van der Waals surface area contributed by atoms with E-state index in [1.807, 2.05) is 0 Å². The Morgan fingerprint density at radius 1 is 1.31 bits per heavy atom. The zero-order valence-electron chi connectivity index (χ0n) is 10.6. The molecule has 2 aliphatic heterocycles. The Hall–Kier alpha value is -0.120. The van der Waals surface area contributed by atoms with Gasteiger partial charge in [-0.3, -0.25) is 0 Å². The van der Waals surface area contributed by atoms with Gasteiger partial charge in [0.2, 0.25) is 0 Å². The van der Waals surface area contributed by atoms with Gasteiger partial charge >= 0.3 is 0 Å². The zero-order valence-corrected chi connectivity index (χ0v) is 10.6. The molecule has 2 saturated heterocycles. The van der Waals surface area contributed by atoms with Crippen molar-refractivity contribution >= 4 is 0 Å². The summed E-state index contributed by atoms with van der Waals surface area (Å²) < 4.78 is 5.52. The number of hydrogen-bond donors (Lipinski definition) is 1. The van der Waals surface area contributed by atoms with E-state index in [-0.39, 0.29) is 0 Å². The molecule has 16 heavy (non-hydrogen) atoms. The standard InChI is InChI=1S/C13H26N2O/c1-15(7-5-12-4-6-14-9-12)10-13-3-2-8-16-11-13/h12-14H,2-11H2,1H3. The van der Waals surface area contributed by atoms with E-state index in [0.29, 0.717) is 0 Å². The van der Waals surface area contributed by atoms with Crippen molar-refractivity contribution in [2.45, 2.75) is 25.7 Å². The highest BCUT2D eigenvalue weighted by Gasteiger charge is 2.18. The van der Waals surface area contributed by atoms with E-state index in [0.717, 1.165) is 25.0 Å². The minimum atomic E-state index is 0.778. The summed E-state index contributed by atoms with van der Waals surface area (Å²) in [6.45, 7) is 6.90. The molecule has 3 nitrogen and oxygen atoms in total. The molecule has 2 aliphatic rings. The summed E-state index contributed by atoms with van der Waals surface area (Å²) in [6.07, 6.45) is 5.35. The highest BCUT2D eigenvalue weighted by Crippen LogP contribution is 2.16. The van der Waals surface area contributed by atoms with Crippen molar-refractivity contribution in [1.82, 2.24) is 10.2 Å². The van der Waals surface area contributed by atoms with Crippen LogP contribution >= 0.6 is 0 Å². The van der Waals surface area contributed by atoms with Gasteiger partial charge in [-0.2, -0.15) is 0 Å². The molecule has 3 heteroatoms. The quantitative estimate of drug-likeness (QED) is 0.766. The van der Waals surface area contributed by atoms with Gasteiger partial charge in [-0.1, -0.05) is 0 Å². The van der Waals surface area contributed by atoms with Crippen LogP contribution in [-0.4, -0.2) is 51.3 Å². The van der Waals surface area contributed by atoms with E-state index >= 15 is 0 Å². The van der Waals surface area contributed by atoms with Gasteiger partial charge in [0.25, 0.3) is 0 Å². The second-order valence-electron chi connectivity index (χ2n) is 5.49. The van der Waals surface area contributed by atoms with Crippen molar-refractivity contribution in [1.29, 1.82) is 0 Å². The van der Waals surface area contributed by atoms with Crippen LogP contribution in [0.1, 0.15) is 25.7 Å². The summed E-state index contributed by atoms with van der Waals surface area (Å²) in [4.78, 5) is 2.50. The molecular formula is C13H26N2O. The number of rotatable bonds is 5. The number of hydrogen-bond acceptors (Lipinski definition) is 3. The van der Waals surface area contributed by atoms with Crippen LogP contribution < -0.4 is 5.32 Å². The average molecular weight is 226 g/mol. The lowest BCUT2D eigenvalue weighted by atomic mass is 10.0. The van der Waals surface area contributed by atoms with Crippen molar-refractivity contribution < 1.29 is 4.74 Å². The lowest BCUT2D eigenvalue weighted by molar-refractivity contribution is 0.0415. The average Bonchev–Trinajstić information content (AvgIpc) is 2.81. The molecule has 2 heterocycles. The predicted molar refractivity (Wildman–Crippen MR) is 66.6 cm³/mol. The Balaban J connectivity index is 1.57. The van der Waals surface area contributed by atoms with Crippen LogP contribution in [0.4, 0.5) is 0 Å². The van der Waals surface area contributed by atoms with Crippen LogP contribution in [0.15, 0.2) is 0 Å². The summed E-state index contributed by atoms with van der Waals surface area (Å²) in [5.41, 5.74) is 0. The maximum Gasteiger partial charge on any atom is 0.0506 e. The Morgan fingerprint density at radius 2 is 2.25 bits per heavy atom. The van der Waals surface area contributed by atoms with Gasteiger partial charge in [0.15, 0.2) is 0 Å². The Morgan fingerprint density at radius 3 is 2.94 bits per heavy atom. The second-order valence-corrected chi connectivity index (χ2v) is 5.49. The van der Waals surface area contributed by atoms with Gasteiger partial charge in [-0.25, -0.2) is 0 Å². The summed E-state index contributed by atoms with van der Waals surface area (Å²) in [5.74, 6) is 1.70. The van der Waals surface area contributed by atoms with Crippen LogP contribution in [0.5, 0.6) is 0 Å². The van der Waals surface area contributed by atoms with Crippen molar-refractivity contribution in [3.05, 3.63) is 0 Å². The molecule has 0 bridgehead atoms. The number of nitrogens with one attached hydrogen (secondary N) is 1. The SMILES string of the molecule is CN(CCC1CCNC1)CC1CCCOC1. The molecule has 0 amide bonds. The molecule has 1 N–H and O–H groups in total. The Labute approximate surface area is 99.5 Å². The first kappa shape index (κ1) is 12.3. The summed E-state index contributed by atoms with van der Waals surface area (Å²) in [5, 5.41) is 3.44. The molecule has 0 spiro atoms. The van der Waals surface area contributed by atoms with Gasteiger partial charge in [-0.05, 0) is 64.2 Å². The third kappa shape index (κ3) is 4.04. The number of ether oxygens (including phenoxy) is 1. The first-order valence-corrected chi connectivity index (χ1v) is 6.81. The highest BCUT2D eigenvalue weighted by atomic mass is 16.5. The van der Waals surface area contributed by atoms with Crippen LogP contribution in [0.3, 0.4) is 0 Å². The van der Waals surface area contributed by atoms with Gasteiger partial charge in [0, 0.05) is 13.2 Å². The van der Waals surface area contributed by atoms with E-state index in [1.54, 1.807) is 0 Å². The largest absolute Gasteiger partial charge is 0.381 e. The van der Waals surface area contributed by atoms with Crippen LogP contribution in [-0.2, 0) is 4.74 Å². The molecule has 0 radical (unpaired) electrons. The fourth-order valence-corrected chi connectivity index (χ4v) is 2.85. The molecule has 0 aromatic heterocycles. The van der Waals surface area contributed by atoms with Gasteiger partial charge < -0.3 is 15.0 Å². The highest BCUT2D eigenvalue weighted by molar-refractivity contribution is 4.73. The third-order valence-electron chi connectivity index (χ3n) is 3.91. The maximum absolute atomic E-state index is 5.52. The van der Waals surface area contributed by atoms with Crippen molar-refractivity contribution in [2.24, 2.45) is 11.8 Å². The zero-order chi connectivity index (χ0) is 11.2. The maximum atomic E-state index is 5.52. The van der Waals surface area contributed by atoms with E-state index in [9.17, 15) is 0 Å². The molecule has 2 fully saturated rings. The molecule has 0 saturated carbocycles. The fraction of sp³-hybridized carbons (Fsp3) is 1.00. The topological polar surface area (TPSA) is 24.5 Å². The molecule has 2 rings (SSSR count). The molecule has 0 aromatic rings. The summed E-state index contributed by atoms with van der Waals surface area (Å²) in [6, 6.07) is 0. The second kappa shape index (κ2) is 6.58. The van der Waals surface area contributed by atoms with Crippen LogP contribution in [0.2, 0.25) is 0 Å². The third-order valence-corrected chi connectivity index (χ3v) is 3.91. The Bertz CT molecular complexity index is 186. The predicted octanol–water partition coefficient (Wildman–Crippen LogP) is 1.34. The van der Waals surface area contributed by atoms with E-state index in [4.69, 9.17) is 4.74 Å². The van der Waals surface area contributed by atoms with E-state index in [1.165, 1.54) is 51.9 Å². The van der Waals surface area contributed by atoms with E-state index in [2.05, 4.69) is 17.3 Å². The molecular weight excluding hydrogens is 200 g/mol. The monoisotopic (exact) mass is 226 g/mol. The Kier molecular flexibility index (Phi) is 5.07. The first-order chi connectivity index (χ1) is 7.84. The van der Waals surface area contributed by atoms with Gasteiger partial charge in [0.05, 0.1) is 6.61 Å². The smallest absolute Gasteiger partial charge is 0.0506 e. The molecule has 2 unspecified atom stereocenters. The fourth-order valence-electron chi connectivity index (χ4n) is 2.85. The van der Waals surface area contributed by atoms with Crippen LogP contribution in [0, 0.1) is 11.8 Å². The lowest BCUT2D eigenvalue weighted by Crippen LogP contribution is -2.32. The summed E-state index contributed by atoms with van der Waals surface area (Å²) in [7, 11) is 2.26. The van der Waals surface area contributed by atoms with Crippen molar-refractivity contribution in [3.8, 4) is 0 Å². The van der Waals surface area contributed by atoms with Crippen LogP contribution in [0.25, 0.3) is 0 Å². The van der Waals surface area contributed by atoms with Crippen molar-refractivity contribution in [2.75, 3.05) is 46.4 Å². The lowest BCUT2D eigenvalue weighted by Gasteiger charge is -2.27. The van der Waals surface area contributed by atoms with Gasteiger partial charge in [0.1, 0.15) is 0 Å². The minimum Gasteiger partial charge on any atom is -0.381 e. The normalized spacial score (nSPS) is 31.1. The van der Waals surface area contributed by atoms with Crippen molar-refractivity contribution in [3.63, 3.8) is 0 Å². The minimum absolute atomic E-state index is 0.778. The molecule has 0 aromatic carbocycles. The van der Waals surface area contributed by atoms with E-state index < -0.39 is 0 Å². The van der Waals surface area contributed by atoms with Gasteiger partial charge in [-0.15, -0.1) is 0 Å². The molecule has 2 atom stereocenters. The number of nitrogens with zero attached hydrogens (tertiary/aromatic N) is 1. The summed E-state index contributed by atoms with van der Waals surface area (Å²) >= 11 is 0. The molecule has 0 aliphatic carbocycles.